The number of rotatable bonds is 4. The number of halogens is 2. The van der Waals surface area contributed by atoms with Gasteiger partial charge >= 0.3 is 6.09 Å². The first-order valence-electron chi connectivity index (χ1n) is 9.25. The minimum Gasteiger partial charge on any atom is -0.465 e. The van der Waals surface area contributed by atoms with Crippen LogP contribution in [0.3, 0.4) is 0 Å². The third kappa shape index (κ3) is 4.13. The molecule has 3 rings (SSSR count). The number of aromatic nitrogens is 3. The van der Waals surface area contributed by atoms with Gasteiger partial charge in [-0.25, -0.2) is 14.8 Å². The Morgan fingerprint density at radius 3 is 2.40 bits per heavy atom. The summed E-state index contributed by atoms with van der Waals surface area (Å²) in [6.45, 7) is 9.00. The number of benzene rings is 1. The van der Waals surface area contributed by atoms with Gasteiger partial charge in [-0.3, -0.25) is 9.20 Å². The molecule has 0 aliphatic carbocycles. The monoisotopic (exact) mass is 448 g/mol. The summed E-state index contributed by atoms with van der Waals surface area (Å²) in [5.41, 5.74) is 2.22. The van der Waals surface area contributed by atoms with E-state index in [1.165, 1.54) is 6.92 Å². The Kier molecular flexibility index (Phi) is 5.80. The van der Waals surface area contributed by atoms with E-state index in [2.05, 4.69) is 15.3 Å². The van der Waals surface area contributed by atoms with E-state index in [0.717, 1.165) is 0 Å². The zero-order chi connectivity index (χ0) is 22.4. The highest BCUT2D eigenvalue weighted by Gasteiger charge is 2.34. The van der Waals surface area contributed by atoms with Crippen molar-refractivity contribution in [1.82, 2.24) is 19.7 Å². The van der Waals surface area contributed by atoms with E-state index in [9.17, 15) is 14.7 Å². The van der Waals surface area contributed by atoms with Crippen LogP contribution in [0.2, 0.25) is 10.0 Å². The van der Waals surface area contributed by atoms with Gasteiger partial charge in [0.1, 0.15) is 5.69 Å². The maximum Gasteiger partial charge on any atom is 0.405 e. The Morgan fingerprint density at radius 1 is 1.20 bits per heavy atom. The molecule has 0 fully saturated rings. The number of ketones is 1. The predicted octanol–water partition coefficient (Wildman–Crippen LogP) is 5.57. The number of imidazole rings is 1. The van der Waals surface area contributed by atoms with Crippen LogP contribution in [0.25, 0.3) is 17.0 Å². The van der Waals surface area contributed by atoms with E-state index in [4.69, 9.17) is 23.2 Å². The molecule has 9 heteroatoms. The number of carboxylic acid groups (broad SMARTS) is 1. The topological polar surface area (TPSA) is 96.6 Å². The molecule has 1 atom stereocenters. The van der Waals surface area contributed by atoms with Gasteiger partial charge in [0.15, 0.2) is 5.78 Å². The van der Waals surface area contributed by atoms with Crippen molar-refractivity contribution in [2.24, 2.45) is 5.41 Å². The van der Waals surface area contributed by atoms with Gasteiger partial charge in [0, 0.05) is 35.0 Å². The second-order valence-electron chi connectivity index (χ2n) is 8.18. The molecule has 0 spiro atoms. The smallest absolute Gasteiger partial charge is 0.405 e. The highest BCUT2D eigenvalue weighted by molar-refractivity contribution is 6.36. The Labute approximate surface area is 184 Å². The molecule has 2 N–H and O–H groups in total. The van der Waals surface area contributed by atoms with E-state index in [-0.39, 0.29) is 11.5 Å². The molecular formula is C21H22Cl2N4O3. The van der Waals surface area contributed by atoms with Crippen LogP contribution in [-0.2, 0) is 0 Å². The van der Waals surface area contributed by atoms with Gasteiger partial charge in [0.05, 0.1) is 16.8 Å². The summed E-state index contributed by atoms with van der Waals surface area (Å²) in [6, 6.07) is 4.46. The number of hydrogen-bond donors (Lipinski definition) is 2. The largest absolute Gasteiger partial charge is 0.465 e. The summed E-state index contributed by atoms with van der Waals surface area (Å²) in [5, 5.41) is 13.0. The first kappa shape index (κ1) is 22.1. The lowest BCUT2D eigenvalue weighted by atomic mass is 9.80. The van der Waals surface area contributed by atoms with Gasteiger partial charge in [0.25, 0.3) is 0 Å². The number of nitrogens with zero attached hydrogens (tertiary/aromatic N) is 3. The number of fused-ring (bicyclic) bond motifs is 1. The number of carbonyl (C=O) groups excluding carboxylic acids is 1. The number of amides is 1. The van der Waals surface area contributed by atoms with Crippen molar-refractivity contribution in [3.63, 3.8) is 0 Å². The minimum atomic E-state index is -1.15. The van der Waals surface area contributed by atoms with Crippen LogP contribution in [0.1, 0.15) is 55.5 Å². The highest BCUT2D eigenvalue weighted by atomic mass is 35.5. The first-order chi connectivity index (χ1) is 13.9. The van der Waals surface area contributed by atoms with E-state index < -0.39 is 17.6 Å². The number of Topliss-reactive ketones (excluding diaryl/α,β-unsaturated/α-hetero) is 1. The van der Waals surface area contributed by atoms with Crippen molar-refractivity contribution < 1.29 is 14.7 Å². The third-order valence-corrected chi connectivity index (χ3v) is 5.36. The molecule has 158 valence electrons. The Balaban J connectivity index is 2.48. The van der Waals surface area contributed by atoms with Crippen LogP contribution >= 0.6 is 23.2 Å². The summed E-state index contributed by atoms with van der Waals surface area (Å²) >= 11 is 12.6. The number of hydrogen-bond acceptors (Lipinski definition) is 4. The van der Waals surface area contributed by atoms with Crippen molar-refractivity contribution in [2.75, 3.05) is 0 Å². The van der Waals surface area contributed by atoms with Crippen LogP contribution in [0, 0.1) is 12.3 Å². The van der Waals surface area contributed by atoms with E-state index in [1.807, 2.05) is 20.8 Å². The summed E-state index contributed by atoms with van der Waals surface area (Å²) in [4.78, 5) is 32.4. The lowest BCUT2D eigenvalue weighted by Gasteiger charge is -2.33. The van der Waals surface area contributed by atoms with Gasteiger partial charge in [0.2, 0.25) is 5.78 Å². The molecule has 3 aromatic rings. The molecular weight excluding hydrogens is 427 g/mol. The molecule has 1 aromatic carbocycles. The van der Waals surface area contributed by atoms with Gasteiger partial charge in [-0.2, -0.15) is 0 Å². The molecule has 0 radical (unpaired) electrons. The van der Waals surface area contributed by atoms with Crippen LogP contribution in [-0.4, -0.2) is 31.4 Å². The summed E-state index contributed by atoms with van der Waals surface area (Å²) in [6.07, 6.45) is 0.437. The molecule has 0 saturated carbocycles. The molecule has 30 heavy (non-hydrogen) atoms. The molecule has 1 amide bonds. The Bertz CT molecular complexity index is 1170. The maximum absolute atomic E-state index is 11.9. The van der Waals surface area contributed by atoms with Crippen LogP contribution in [0.15, 0.2) is 24.4 Å². The number of nitrogens with one attached hydrogen (secondary N) is 1. The van der Waals surface area contributed by atoms with Gasteiger partial charge in [-0.05, 0) is 30.5 Å². The fourth-order valence-electron chi connectivity index (χ4n) is 3.44. The molecule has 0 saturated heterocycles. The summed E-state index contributed by atoms with van der Waals surface area (Å²) in [7, 11) is 0. The van der Waals surface area contributed by atoms with Gasteiger partial charge in [-0.1, -0.05) is 44.0 Å². The molecule has 0 bridgehead atoms. The Morgan fingerprint density at radius 2 is 1.87 bits per heavy atom. The third-order valence-electron chi connectivity index (χ3n) is 4.81. The molecule has 1 unspecified atom stereocenters. The average molecular weight is 449 g/mol. The second-order valence-corrected chi connectivity index (χ2v) is 9.03. The minimum absolute atomic E-state index is 0.205. The SMILES string of the molecule is CC(=O)c1cn2c(-c3ccc(Cl)cc3Cl)c(C(NC(=O)O)C(C)(C)C)c(C)nc2n1. The first-order valence-corrected chi connectivity index (χ1v) is 10.0. The molecule has 0 aliphatic rings. The summed E-state index contributed by atoms with van der Waals surface area (Å²) < 4.78 is 1.68. The van der Waals surface area contributed by atoms with Gasteiger partial charge < -0.3 is 10.4 Å². The van der Waals surface area contributed by atoms with Crippen molar-refractivity contribution in [1.29, 1.82) is 0 Å². The zero-order valence-corrected chi connectivity index (χ0v) is 18.8. The van der Waals surface area contributed by atoms with E-state index in [1.54, 1.807) is 35.7 Å². The van der Waals surface area contributed by atoms with Crippen LogP contribution in [0.4, 0.5) is 4.79 Å². The lowest BCUT2D eigenvalue weighted by molar-refractivity contribution is 0.101. The molecule has 0 aliphatic heterocycles. The van der Waals surface area contributed by atoms with E-state index in [0.29, 0.717) is 38.3 Å². The van der Waals surface area contributed by atoms with Crippen molar-refractivity contribution in [3.8, 4) is 11.3 Å². The van der Waals surface area contributed by atoms with Crippen molar-refractivity contribution in [3.05, 3.63) is 51.4 Å². The average Bonchev–Trinajstić information content (AvgIpc) is 3.02. The maximum atomic E-state index is 11.9. The highest BCUT2D eigenvalue weighted by Crippen LogP contribution is 2.42. The quantitative estimate of drug-likeness (QED) is 0.508. The van der Waals surface area contributed by atoms with Gasteiger partial charge in [-0.15, -0.1) is 0 Å². The standard InChI is InChI=1S/C21H22Cl2N4O3/c1-10-16(18(21(3,4)5)26-20(29)30)17(13-7-6-12(22)8-14(13)23)27-9-15(11(2)28)25-19(27)24-10/h6-9,18,26H,1-5H3,(H,29,30). The van der Waals surface area contributed by atoms with Crippen LogP contribution in [0.5, 0.6) is 0 Å². The fraction of sp³-hybridized carbons (Fsp3) is 0.333. The van der Waals surface area contributed by atoms with E-state index >= 15 is 0 Å². The normalized spacial score (nSPS) is 12.8. The lowest BCUT2D eigenvalue weighted by Crippen LogP contribution is -2.37. The zero-order valence-electron chi connectivity index (χ0n) is 17.2. The van der Waals surface area contributed by atoms with Crippen molar-refractivity contribution >= 4 is 40.9 Å². The predicted molar refractivity (Wildman–Crippen MR) is 117 cm³/mol. The number of carbonyl (C=O) groups is 2. The molecule has 7 nitrogen and oxygen atoms in total. The fourth-order valence-corrected chi connectivity index (χ4v) is 3.94. The number of aryl methyl sites for hydroxylation is 1. The van der Waals surface area contributed by atoms with Crippen molar-refractivity contribution in [2.45, 2.75) is 40.7 Å². The van der Waals surface area contributed by atoms with Crippen LogP contribution < -0.4 is 5.32 Å². The second kappa shape index (κ2) is 7.89. The summed E-state index contributed by atoms with van der Waals surface area (Å²) in [5.74, 6) is 0.120. The molecule has 2 heterocycles. The molecule has 2 aromatic heterocycles. The Hall–Kier alpha value is -2.64.